The topological polar surface area (TPSA) is 74.6 Å². The van der Waals surface area contributed by atoms with Gasteiger partial charge in [0.25, 0.3) is 0 Å². The Bertz CT molecular complexity index is 753. The smallest absolute Gasteiger partial charge is 0.330 e. The highest BCUT2D eigenvalue weighted by Gasteiger charge is 2.34. The van der Waals surface area contributed by atoms with Crippen LogP contribution in [0.3, 0.4) is 0 Å². The lowest BCUT2D eigenvalue weighted by molar-refractivity contribution is -0.133. The van der Waals surface area contributed by atoms with Crippen LogP contribution in [0, 0.1) is 5.41 Å². The van der Waals surface area contributed by atoms with E-state index in [0.29, 0.717) is 6.42 Å². The lowest BCUT2D eigenvalue weighted by atomic mass is 9.68. The van der Waals surface area contributed by atoms with Gasteiger partial charge in [0.1, 0.15) is 0 Å². The van der Waals surface area contributed by atoms with E-state index in [-0.39, 0.29) is 24.0 Å². The quantitative estimate of drug-likeness (QED) is 0.719. The van der Waals surface area contributed by atoms with Crippen molar-refractivity contribution in [2.24, 2.45) is 5.41 Å². The molecule has 0 saturated carbocycles. The van der Waals surface area contributed by atoms with Gasteiger partial charge in [-0.05, 0) is 37.3 Å². The summed E-state index contributed by atoms with van der Waals surface area (Å²) < 4.78 is 0. The Labute approximate surface area is 147 Å². The number of hydrogen-bond acceptors (Lipinski definition) is 2. The number of aliphatic carboxylic acids is 2. The molecule has 1 aliphatic rings. The number of allylic oxidation sites excluding steroid dienone is 4. The highest BCUT2D eigenvalue weighted by Crippen LogP contribution is 2.45. The van der Waals surface area contributed by atoms with Crippen molar-refractivity contribution in [3.8, 4) is 0 Å². The second-order valence-corrected chi connectivity index (χ2v) is 6.60. The molecule has 2 N–H and O–H groups in total. The first-order chi connectivity index (χ1) is 11.7. The van der Waals surface area contributed by atoms with Crippen molar-refractivity contribution in [3.63, 3.8) is 0 Å². The van der Waals surface area contributed by atoms with Gasteiger partial charge < -0.3 is 10.2 Å². The van der Waals surface area contributed by atoms with Crippen LogP contribution < -0.4 is 0 Å². The third-order valence-corrected chi connectivity index (χ3v) is 4.50. The summed E-state index contributed by atoms with van der Waals surface area (Å²) in [6.07, 6.45) is 4.81. The highest BCUT2D eigenvalue weighted by atomic mass is 16.4. The van der Waals surface area contributed by atoms with Crippen molar-refractivity contribution < 1.29 is 19.8 Å². The summed E-state index contributed by atoms with van der Waals surface area (Å²) in [5, 5.41) is 18.4. The van der Waals surface area contributed by atoms with E-state index in [4.69, 9.17) is 0 Å². The molecule has 25 heavy (non-hydrogen) atoms. The van der Waals surface area contributed by atoms with Gasteiger partial charge >= 0.3 is 11.9 Å². The van der Waals surface area contributed by atoms with Crippen LogP contribution in [0.2, 0.25) is 0 Å². The van der Waals surface area contributed by atoms with E-state index in [1.165, 1.54) is 0 Å². The highest BCUT2D eigenvalue weighted by molar-refractivity contribution is 5.87. The summed E-state index contributed by atoms with van der Waals surface area (Å²) in [7, 11) is 0. The third-order valence-electron chi connectivity index (χ3n) is 4.50. The monoisotopic (exact) mass is 338 g/mol. The van der Waals surface area contributed by atoms with E-state index < -0.39 is 17.4 Å². The normalized spacial score (nSPS) is 15.7. The molecule has 1 aliphatic carbocycles. The van der Waals surface area contributed by atoms with Crippen molar-refractivity contribution in [2.45, 2.75) is 26.2 Å². The van der Waals surface area contributed by atoms with Crippen molar-refractivity contribution in [3.05, 3.63) is 77.9 Å². The molecule has 0 saturated heterocycles. The number of hydrogen-bond donors (Lipinski definition) is 2. The first-order valence-electron chi connectivity index (χ1n) is 8.01. The van der Waals surface area contributed by atoms with Gasteiger partial charge in [-0.2, -0.15) is 0 Å². The Balaban J connectivity index is 2.36. The van der Waals surface area contributed by atoms with Gasteiger partial charge in [-0.15, -0.1) is 0 Å². The molecular formula is C21H22O4. The van der Waals surface area contributed by atoms with Crippen LogP contribution in [0.25, 0.3) is 5.57 Å². The minimum atomic E-state index is -1.07. The molecule has 4 heteroatoms. The molecule has 2 rings (SSSR count). The molecule has 1 aromatic rings. The van der Waals surface area contributed by atoms with Gasteiger partial charge in [0.15, 0.2) is 0 Å². The number of carboxylic acid groups (broad SMARTS) is 2. The molecule has 0 bridgehead atoms. The van der Waals surface area contributed by atoms with Gasteiger partial charge in [0.05, 0.1) is 0 Å². The molecular weight excluding hydrogens is 316 g/mol. The van der Waals surface area contributed by atoms with Crippen LogP contribution in [0.15, 0.2) is 72.4 Å². The van der Waals surface area contributed by atoms with Crippen LogP contribution in [-0.2, 0) is 9.59 Å². The van der Waals surface area contributed by atoms with Crippen molar-refractivity contribution >= 4 is 17.5 Å². The van der Waals surface area contributed by atoms with Gasteiger partial charge in [-0.1, -0.05) is 61.2 Å². The van der Waals surface area contributed by atoms with Gasteiger partial charge in [0, 0.05) is 16.6 Å². The zero-order valence-electron chi connectivity index (χ0n) is 14.3. The first-order valence-corrected chi connectivity index (χ1v) is 8.01. The zero-order chi connectivity index (χ0) is 18.6. The van der Waals surface area contributed by atoms with Crippen LogP contribution in [-0.4, -0.2) is 22.2 Å². The molecule has 0 unspecified atom stereocenters. The van der Waals surface area contributed by atoms with Crippen LogP contribution in [0.1, 0.15) is 31.7 Å². The summed E-state index contributed by atoms with van der Waals surface area (Å²) in [6, 6.07) is 9.91. The average Bonchev–Trinajstić information content (AvgIpc) is 2.55. The first kappa shape index (κ1) is 18.5. The van der Waals surface area contributed by atoms with Crippen LogP contribution in [0.5, 0.6) is 0 Å². The van der Waals surface area contributed by atoms with Gasteiger partial charge in [-0.3, -0.25) is 0 Å². The van der Waals surface area contributed by atoms with Gasteiger partial charge in [-0.25, -0.2) is 9.59 Å². The van der Waals surface area contributed by atoms with Crippen LogP contribution in [0.4, 0.5) is 0 Å². The summed E-state index contributed by atoms with van der Waals surface area (Å²) in [4.78, 5) is 22.5. The molecule has 0 heterocycles. The summed E-state index contributed by atoms with van der Waals surface area (Å²) in [6.45, 7) is 9.24. The molecule has 0 radical (unpaired) electrons. The molecule has 0 aliphatic heterocycles. The molecule has 130 valence electrons. The number of carbonyl (C=O) groups is 2. The van der Waals surface area contributed by atoms with Crippen molar-refractivity contribution in [2.75, 3.05) is 0 Å². The molecule has 0 atom stereocenters. The molecule has 0 amide bonds. The largest absolute Gasteiger partial charge is 0.478 e. The minimum absolute atomic E-state index is 0.0683. The number of carboxylic acids is 2. The van der Waals surface area contributed by atoms with E-state index in [0.717, 1.165) is 16.7 Å². The maximum absolute atomic E-state index is 11.2. The van der Waals surface area contributed by atoms with E-state index >= 15 is 0 Å². The zero-order valence-corrected chi connectivity index (χ0v) is 14.3. The summed E-state index contributed by atoms with van der Waals surface area (Å²) in [5.41, 5.74) is 2.76. The maximum Gasteiger partial charge on any atom is 0.330 e. The Morgan fingerprint density at radius 3 is 2.00 bits per heavy atom. The Morgan fingerprint density at radius 2 is 1.56 bits per heavy atom. The van der Waals surface area contributed by atoms with Crippen LogP contribution >= 0.6 is 0 Å². The SMILES string of the molecule is C=C(CC1(CC(=C)C(=O)O)C=CC(c2ccccc2)=C(C)C1)C(=O)O. The van der Waals surface area contributed by atoms with Crippen molar-refractivity contribution in [1.29, 1.82) is 0 Å². The predicted octanol–water partition coefficient (Wildman–Crippen LogP) is 4.47. The fourth-order valence-electron chi connectivity index (χ4n) is 3.35. The maximum atomic E-state index is 11.2. The Hall–Kier alpha value is -2.88. The fourth-order valence-corrected chi connectivity index (χ4v) is 3.35. The summed E-state index contributed by atoms with van der Waals surface area (Å²) in [5.74, 6) is -2.13. The van der Waals surface area contributed by atoms with Gasteiger partial charge in [0.2, 0.25) is 0 Å². The molecule has 4 nitrogen and oxygen atoms in total. The molecule has 0 fully saturated rings. The standard InChI is InChI=1S/C21H22O4/c1-14-11-21(12-15(2)19(22)23,13-16(3)20(24)25)10-9-18(14)17-7-5-4-6-8-17/h4-10H,2-3,11-13H2,1H3,(H,22,23)(H,24,25). The number of benzene rings is 1. The molecule has 1 aromatic carbocycles. The lowest BCUT2D eigenvalue weighted by Gasteiger charge is -2.35. The Morgan fingerprint density at radius 1 is 1.04 bits per heavy atom. The average molecular weight is 338 g/mol. The van der Waals surface area contributed by atoms with E-state index in [2.05, 4.69) is 13.2 Å². The summed E-state index contributed by atoms with van der Waals surface area (Å²) >= 11 is 0. The Kier molecular flexibility index (Phi) is 5.42. The second-order valence-electron chi connectivity index (χ2n) is 6.60. The minimum Gasteiger partial charge on any atom is -0.478 e. The van der Waals surface area contributed by atoms with Crippen molar-refractivity contribution in [1.82, 2.24) is 0 Å². The predicted molar refractivity (Wildman–Crippen MR) is 98.0 cm³/mol. The van der Waals surface area contributed by atoms with E-state index in [9.17, 15) is 19.8 Å². The third kappa shape index (κ3) is 4.35. The number of rotatable bonds is 7. The van der Waals surface area contributed by atoms with E-state index in [1.807, 2.05) is 49.4 Å². The second kappa shape index (κ2) is 7.34. The molecule has 0 aromatic heterocycles. The van der Waals surface area contributed by atoms with E-state index in [1.54, 1.807) is 0 Å². The molecule has 0 spiro atoms. The fraction of sp³-hybridized carbons (Fsp3) is 0.238. The lowest BCUT2D eigenvalue weighted by Crippen LogP contribution is -2.25.